The van der Waals surface area contributed by atoms with Crippen molar-refractivity contribution in [1.29, 1.82) is 0 Å². The van der Waals surface area contributed by atoms with E-state index in [0.717, 1.165) is 0 Å². The van der Waals surface area contributed by atoms with Gasteiger partial charge >= 0.3 is 11.9 Å². The lowest BCUT2D eigenvalue weighted by Gasteiger charge is -2.06. The van der Waals surface area contributed by atoms with Gasteiger partial charge in [0.05, 0.1) is 35.2 Å². The fraction of sp³-hybridized carbons (Fsp3) is 0.0833. The number of aromatic nitrogens is 9. The van der Waals surface area contributed by atoms with Gasteiger partial charge in [-0.2, -0.15) is 0 Å². The highest BCUT2D eigenvalue weighted by Gasteiger charge is 2.17. The third-order valence-corrected chi connectivity index (χ3v) is 5.39. The van der Waals surface area contributed by atoms with E-state index in [9.17, 15) is 24.6 Å². The predicted octanol–water partition coefficient (Wildman–Crippen LogP) is 1.51. The van der Waals surface area contributed by atoms with Crippen molar-refractivity contribution in [2.75, 3.05) is 6.54 Å². The predicted molar refractivity (Wildman–Crippen MR) is 132 cm³/mol. The van der Waals surface area contributed by atoms with Crippen molar-refractivity contribution >= 4 is 17.8 Å². The number of hydrogen-bond donors (Lipinski definition) is 3. The van der Waals surface area contributed by atoms with Gasteiger partial charge < -0.3 is 15.5 Å². The van der Waals surface area contributed by atoms with Crippen LogP contribution in [0.5, 0.6) is 0 Å². The number of pyridine rings is 3. The lowest BCUT2D eigenvalue weighted by Crippen LogP contribution is -2.22. The Morgan fingerprint density at radius 2 is 1.26 bits per heavy atom. The van der Waals surface area contributed by atoms with Crippen molar-refractivity contribution in [2.45, 2.75) is 6.92 Å². The van der Waals surface area contributed by atoms with Gasteiger partial charge in [0, 0.05) is 24.5 Å². The molecule has 15 heteroatoms. The first-order chi connectivity index (χ1) is 18.8. The summed E-state index contributed by atoms with van der Waals surface area (Å²) in [5, 5.41) is 37.6. The van der Waals surface area contributed by atoms with E-state index in [-0.39, 0.29) is 22.9 Å². The number of hydrogen-bond acceptors (Lipinski definition) is 10. The molecule has 0 saturated carbocycles. The standard InChI is InChI=1S/C24H18N10O5/c1-2-25-22(35)13-7-16(20-11-33(31-29-20)14-3-5-26-18(9-14)23(36)37)28-17(8-13)21-12-34(32-30-21)15-4-6-27-19(10-15)24(38)39/h3-12H,2H2,1H3,(H,25,35)(H,36,37)(H,38,39). The summed E-state index contributed by atoms with van der Waals surface area (Å²) in [6.45, 7) is 2.19. The average molecular weight is 526 g/mol. The molecule has 0 radical (unpaired) electrons. The number of aromatic carboxylic acids is 2. The molecule has 15 nitrogen and oxygen atoms in total. The number of carboxylic acids is 2. The number of carbonyl (C=O) groups excluding carboxylic acids is 1. The minimum atomic E-state index is -1.18. The van der Waals surface area contributed by atoms with Crippen LogP contribution in [0.25, 0.3) is 34.2 Å². The average Bonchev–Trinajstić information content (AvgIpc) is 3.64. The first-order valence-corrected chi connectivity index (χ1v) is 11.4. The summed E-state index contributed by atoms with van der Waals surface area (Å²) in [6.07, 6.45) is 5.77. The monoisotopic (exact) mass is 526 g/mol. The molecule has 0 saturated heterocycles. The molecule has 0 aliphatic carbocycles. The number of nitrogens with one attached hydrogen (secondary N) is 1. The first-order valence-electron chi connectivity index (χ1n) is 11.4. The van der Waals surface area contributed by atoms with E-state index >= 15 is 0 Å². The Labute approximate surface area is 218 Å². The molecule has 5 rings (SSSR count). The molecule has 194 valence electrons. The SMILES string of the molecule is CCNC(=O)c1cc(-c2cn(-c3ccnc(C(=O)O)c3)nn2)nc(-c2cn(-c3ccnc(C(=O)O)c3)nn2)c1. The van der Waals surface area contributed by atoms with Crippen LogP contribution in [0.4, 0.5) is 0 Å². The van der Waals surface area contributed by atoms with Crippen molar-refractivity contribution < 1.29 is 24.6 Å². The van der Waals surface area contributed by atoms with Crippen LogP contribution in [0.15, 0.2) is 61.2 Å². The van der Waals surface area contributed by atoms with Crippen molar-refractivity contribution in [3.63, 3.8) is 0 Å². The van der Waals surface area contributed by atoms with Gasteiger partial charge in [0.15, 0.2) is 0 Å². The molecule has 0 aliphatic heterocycles. The zero-order chi connectivity index (χ0) is 27.5. The van der Waals surface area contributed by atoms with Gasteiger partial charge in [-0.05, 0) is 43.3 Å². The van der Waals surface area contributed by atoms with Crippen LogP contribution in [-0.4, -0.2) is 79.5 Å². The van der Waals surface area contributed by atoms with Gasteiger partial charge in [-0.25, -0.2) is 33.9 Å². The van der Waals surface area contributed by atoms with Gasteiger partial charge in [-0.3, -0.25) is 4.79 Å². The van der Waals surface area contributed by atoms with Crippen LogP contribution in [-0.2, 0) is 0 Å². The van der Waals surface area contributed by atoms with E-state index in [4.69, 9.17) is 0 Å². The lowest BCUT2D eigenvalue weighted by atomic mass is 10.1. The highest BCUT2D eigenvalue weighted by Crippen LogP contribution is 2.24. The van der Waals surface area contributed by atoms with E-state index in [1.54, 1.807) is 31.2 Å². The number of carbonyl (C=O) groups is 3. The summed E-state index contributed by atoms with van der Waals surface area (Å²) in [4.78, 5) is 47.5. The second kappa shape index (κ2) is 10.3. The number of carboxylic acid groups (broad SMARTS) is 2. The highest BCUT2D eigenvalue weighted by atomic mass is 16.4. The summed E-state index contributed by atoms with van der Waals surface area (Å²) in [7, 11) is 0. The maximum atomic E-state index is 12.7. The number of rotatable bonds is 8. The summed E-state index contributed by atoms with van der Waals surface area (Å²) < 4.78 is 2.73. The summed E-state index contributed by atoms with van der Waals surface area (Å²) >= 11 is 0. The molecule has 0 unspecified atom stereocenters. The fourth-order valence-electron chi connectivity index (χ4n) is 3.56. The Morgan fingerprint density at radius 1 is 0.769 bits per heavy atom. The Morgan fingerprint density at radius 3 is 1.69 bits per heavy atom. The first kappa shape index (κ1) is 24.8. The van der Waals surface area contributed by atoms with Crippen LogP contribution in [0.1, 0.15) is 38.3 Å². The molecule has 0 bridgehead atoms. The second-order valence-corrected chi connectivity index (χ2v) is 7.99. The zero-order valence-electron chi connectivity index (χ0n) is 20.1. The van der Waals surface area contributed by atoms with Gasteiger partial charge in [0.1, 0.15) is 22.8 Å². The normalized spacial score (nSPS) is 10.8. The molecule has 0 aliphatic rings. The minimum absolute atomic E-state index is 0.157. The van der Waals surface area contributed by atoms with Crippen molar-refractivity contribution in [1.82, 2.24) is 50.3 Å². The number of nitrogens with zero attached hydrogens (tertiary/aromatic N) is 9. The Hall–Kier alpha value is -5.86. The van der Waals surface area contributed by atoms with E-state index in [1.165, 1.54) is 46.3 Å². The topological polar surface area (TPSA) is 204 Å². The largest absolute Gasteiger partial charge is 0.477 e. The van der Waals surface area contributed by atoms with E-state index in [1.807, 2.05) is 0 Å². The smallest absolute Gasteiger partial charge is 0.354 e. The molecular formula is C24H18N10O5. The molecule has 0 spiro atoms. The van der Waals surface area contributed by atoms with E-state index in [2.05, 4.69) is 40.9 Å². The van der Waals surface area contributed by atoms with Crippen LogP contribution >= 0.6 is 0 Å². The molecule has 5 heterocycles. The van der Waals surface area contributed by atoms with Gasteiger partial charge in [-0.1, -0.05) is 10.4 Å². The minimum Gasteiger partial charge on any atom is -0.477 e. The third kappa shape index (κ3) is 5.17. The molecular weight excluding hydrogens is 508 g/mol. The van der Waals surface area contributed by atoms with E-state index < -0.39 is 11.9 Å². The van der Waals surface area contributed by atoms with Crippen molar-refractivity contribution in [2.24, 2.45) is 0 Å². The molecule has 5 aromatic heterocycles. The molecule has 0 atom stereocenters. The summed E-state index contributed by atoms with van der Waals surface area (Å²) in [5.74, 6) is -2.71. The quantitative estimate of drug-likeness (QED) is 0.263. The second-order valence-electron chi connectivity index (χ2n) is 7.99. The van der Waals surface area contributed by atoms with Gasteiger partial charge in [0.2, 0.25) is 0 Å². The van der Waals surface area contributed by atoms with Gasteiger partial charge in [-0.15, -0.1) is 10.2 Å². The van der Waals surface area contributed by atoms with E-state index in [0.29, 0.717) is 40.7 Å². The number of amides is 1. The zero-order valence-corrected chi connectivity index (χ0v) is 20.1. The molecule has 0 aromatic carbocycles. The van der Waals surface area contributed by atoms with Crippen LogP contribution in [0, 0.1) is 0 Å². The Balaban J connectivity index is 1.54. The maximum Gasteiger partial charge on any atom is 0.354 e. The maximum absolute atomic E-state index is 12.7. The summed E-state index contributed by atoms with van der Waals surface area (Å²) in [6, 6.07) is 8.93. The van der Waals surface area contributed by atoms with Crippen molar-refractivity contribution in [3.8, 4) is 34.2 Å². The van der Waals surface area contributed by atoms with Gasteiger partial charge in [0.25, 0.3) is 5.91 Å². The summed E-state index contributed by atoms with van der Waals surface area (Å²) in [5.41, 5.74) is 2.04. The van der Waals surface area contributed by atoms with Crippen molar-refractivity contribution in [3.05, 3.63) is 78.1 Å². The van der Waals surface area contributed by atoms with Crippen LogP contribution < -0.4 is 5.32 Å². The fourth-order valence-corrected chi connectivity index (χ4v) is 3.56. The molecule has 3 N–H and O–H groups in total. The lowest BCUT2D eigenvalue weighted by molar-refractivity contribution is 0.0680. The highest BCUT2D eigenvalue weighted by molar-refractivity contribution is 5.96. The van der Waals surface area contributed by atoms with Crippen LogP contribution in [0.2, 0.25) is 0 Å². The Kier molecular flexibility index (Phi) is 6.52. The molecule has 0 fully saturated rings. The third-order valence-electron chi connectivity index (χ3n) is 5.39. The van der Waals surface area contributed by atoms with Crippen LogP contribution in [0.3, 0.4) is 0 Å². The molecule has 1 amide bonds. The molecule has 5 aromatic rings. The Bertz CT molecular complexity index is 1610. The molecule has 39 heavy (non-hydrogen) atoms.